The van der Waals surface area contributed by atoms with Crippen LogP contribution in [0.15, 0.2) is 18.2 Å². The number of hydrogen-bond donors (Lipinski definition) is 0. The Labute approximate surface area is 92.0 Å². The first-order valence-corrected chi connectivity index (χ1v) is 5.00. The maximum absolute atomic E-state index is 13.6. The molecule has 0 saturated carbocycles. The summed E-state index contributed by atoms with van der Waals surface area (Å²) in [6, 6.07) is 3.74. The van der Waals surface area contributed by atoms with Crippen molar-refractivity contribution in [3.05, 3.63) is 34.1 Å². The predicted molar refractivity (Wildman–Crippen MR) is 57.1 cm³/mol. The Balaban J connectivity index is 2.24. The fraction of sp³-hybridized carbons (Fsp3) is 0.400. The highest BCUT2D eigenvalue weighted by Crippen LogP contribution is 2.24. The molecular formula is C10H11FN3O2. The summed E-state index contributed by atoms with van der Waals surface area (Å²) in [5.41, 5.74) is 0.198. The molecule has 6 heteroatoms. The topological polar surface area (TPSA) is 60.5 Å². The number of hydrogen-bond acceptors (Lipinski definition) is 3. The van der Waals surface area contributed by atoms with Gasteiger partial charge in [0.25, 0.3) is 5.69 Å². The van der Waals surface area contributed by atoms with Crippen molar-refractivity contribution in [2.75, 3.05) is 31.1 Å². The lowest BCUT2D eigenvalue weighted by Gasteiger charge is -2.28. The standard InChI is InChI=1S/C10H11FN3O2/c11-9-7-8(14(15)16)1-2-10(9)13-5-3-12-4-6-13/h1-2,7H,3-6H2. The summed E-state index contributed by atoms with van der Waals surface area (Å²) < 4.78 is 13.6. The summed E-state index contributed by atoms with van der Waals surface area (Å²) in [6.45, 7) is 2.68. The van der Waals surface area contributed by atoms with Crippen molar-refractivity contribution in [1.82, 2.24) is 5.32 Å². The van der Waals surface area contributed by atoms with Crippen molar-refractivity contribution in [3.8, 4) is 0 Å². The zero-order valence-corrected chi connectivity index (χ0v) is 8.60. The minimum atomic E-state index is -0.599. The van der Waals surface area contributed by atoms with Crippen LogP contribution in [0, 0.1) is 15.9 Å². The number of non-ortho nitro benzene ring substituents is 1. The van der Waals surface area contributed by atoms with Gasteiger partial charge in [0.15, 0.2) is 5.82 Å². The van der Waals surface area contributed by atoms with E-state index in [2.05, 4.69) is 5.32 Å². The van der Waals surface area contributed by atoms with Gasteiger partial charge >= 0.3 is 0 Å². The smallest absolute Gasteiger partial charge is 0.272 e. The van der Waals surface area contributed by atoms with E-state index >= 15 is 0 Å². The molecule has 0 unspecified atom stereocenters. The third kappa shape index (κ3) is 2.11. The van der Waals surface area contributed by atoms with E-state index in [0.29, 0.717) is 31.9 Å². The number of nitro groups is 1. The predicted octanol–water partition coefficient (Wildman–Crippen LogP) is 1.16. The zero-order chi connectivity index (χ0) is 11.5. The summed E-state index contributed by atoms with van der Waals surface area (Å²) in [7, 11) is 0. The van der Waals surface area contributed by atoms with E-state index in [0.717, 1.165) is 6.07 Å². The number of rotatable bonds is 2. The van der Waals surface area contributed by atoms with E-state index < -0.39 is 10.7 Å². The molecule has 2 rings (SSSR count). The molecule has 0 aliphatic carbocycles. The molecule has 1 aromatic carbocycles. The Bertz CT molecular complexity index is 405. The molecule has 16 heavy (non-hydrogen) atoms. The highest BCUT2D eigenvalue weighted by molar-refractivity contribution is 5.52. The van der Waals surface area contributed by atoms with Crippen molar-refractivity contribution in [2.45, 2.75) is 0 Å². The zero-order valence-electron chi connectivity index (χ0n) is 8.60. The van der Waals surface area contributed by atoms with E-state index in [4.69, 9.17) is 0 Å². The summed E-state index contributed by atoms with van der Waals surface area (Å²) in [5.74, 6) is -0.545. The van der Waals surface area contributed by atoms with Gasteiger partial charge in [-0.3, -0.25) is 10.1 Å². The lowest BCUT2D eigenvalue weighted by molar-refractivity contribution is -0.385. The molecular weight excluding hydrogens is 213 g/mol. The van der Waals surface area contributed by atoms with Crippen molar-refractivity contribution < 1.29 is 9.31 Å². The lowest BCUT2D eigenvalue weighted by Crippen LogP contribution is -2.40. The van der Waals surface area contributed by atoms with Gasteiger partial charge in [-0.2, -0.15) is 0 Å². The van der Waals surface area contributed by atoms with E-state index in [1.54, 1.807) is 0 Å². The average molecular weight is 224 g/mol. The van der Waals surface area contributed by atoms with Crippen molar-refractivity contribution in [3.63, 3.8) is 0 Å². The molecule has 1 radical (unpaired) electrons. The molecule has 0 amide bonds. The summed E-state index contributed by atoms with van der Waals surface area (Å²) >= 11 is 0. The van der Waals surface area contributed by atoms with E-state index in [1.807, 2.05) is 4.90 Å². The molecule has 5 nitrogen and oxygen atoms in total. The Morgan fingerprint density at radius 2 is 2.06 bits per heavy atom. The number of halogens is 1. The van der Waals surface area contributed by atoms with Gasteiger partial charge < -0.3 is 4.90 Å². The maximum atomic E-state index is 13.6. The molecule has 1 aromatic rings. The van der Waals surface area contributed by atoms with E-state index in [9.17, 15) is 14.5 Å². The van der Waals surface area contributed by atoms with Crippen LogP contribution in [0.5, 0.6) is 0 Å². The Morgan fingerprint density at radius 3 is 2.62 bits per heavy atom. The maximum Gasteiger partial charge on any atom is 0.272 e. The minimum absolute atomic E-state index is 0.219. The largest absolute Gasteiger partial charge is 0.366 e. The Morgan fingerprint density at radius 1 is 1.38 bits per heavy atom. The van der Waals surface area contributed by atoms with Crippen LogP contribution >= 0.6 is 0 Å². The molecule has 1 saturated heterocycles. The van der Waals surface area contributed by atoms with Gasteiger partial charge in [0, 0.05) is 32.2 Å². The molecule has 0 atom stereocenters. The number of nitrogens with zero attached hydrogens (tertiary/aromatic N) is 3. The van der Waals surface area contributed by atoms with Crippen LogP contribution in [-0.2, 0) is 0 Å². The van der Waals surface area contributed by atoms with Crippen LogP contribution in [-0.4, -0.2) is 31.1 Å². The van der Waals surface area contributed by atoms with Crippen molar-refractivity contribution in [2.24, 2.45) is 0 Å². The minimum Gasteiger partial charge on any atom is -0.366 e. The van der Waals surface area contributed by atoms with Crippen LogP contribution in [0.3, 0.4) is 0 Å². The average Bonchev–Trinajstić information content (AvgIpc) is 2.30. The second-order valence-electron chi connectivity index (χ2n) is 3.55. The van der Waals surface area contributed by atoms with Crippen molar-refractivity contribution >= 4 is 11.4 Å². The van der Waals surface area contributed by atoms with Gasteiger partial charge in [-0.15, -0.1) is 0 Å². The van der Waals surface area contributed by atoms with Gasteiger partial charge in [0.05, 0.1) is 16.7 Å². The number of nitro benzene ring substituents is 1. The SMILES string of the molecule is O=[N+]([O-])c1ccc(N2CC[N]CC2)c(F)c1. The molecule has 1 fully saturated rings. The first kappa shape index (κ1) is 10.8. The van der Waals surface area contributed by atoms with Crippen LogP contribution in [0.4, 0.5) is 15.8 Å². The quantitative estimate of drug-likeness (QED) is 0.559. The highest BCUT2D eigenvalue weighted by atomic mass is 19.1. The number of anilines is 1. The van der Waals surface area contributed by atoms with Crippen LogP contribution in [0.25, 0.3) is 0 Å². The number of benzene rings is 1. The van der Waals surface area contributed by atoms with Crippen LogP contribution in [0.2, 0.25) is 0 Å². The summed E-state index contributed by atoms with van der Waals surface area (Å²) in [4.78, 5) is 11.7. The van der Waals surface area contributed by atoms with Crippen molar-refractivity contribution in [1.29, 1.82) is 0 Å². The third-order valence-corrected chi connectivity index (χ3v) is 2.54. The third-order valence-electron chi connectivity index (χ3n) is 2.54. The molecule has 0 N–H and O–H groups in total. The monoisotopic (exact) mass is 224 g/mol. The van der Waals surface area contributed by atoms with Gasteiger partial charge in [-0.05, 0) is 6.07 Å². The van der Waals surface area contributed by atoms with Crippen LogP contribution in [0.1, 0.15) is 0 Å². The molecule has 85 valence electrons. The molecule has 1 heterocycles. The summed E-state index contributed by atoms with van der Waals surface area (Å²) in [6.07, 6.45) is 0. The van der Waals surface area contributed by atoms with Gasteiger partial charge in [-0.1, -0.05) is 0 Å². The second kappa shape index (κ2) is 4.44. The highest BCUT2D eigenvalue weighted by Gasteiger charge is 2.17. The normalized spacial score (nSPS) is 16.2. The fourth-order valence-corrected chi connectivity index (χ4v) is 1.71. The van der Waals surface area contributed by atoms with Gasteiger partial charge in [0.2, 0.25) is 0 Å². The first-order chi connectivity index (χ1) is 7.68. The molecule has 0 spiro atoms. The lowest BCUT2D eigenvalue weighted by atomic mass is 10.2. The Kier molecular flexibility index (Phi) is 3.00. The Hall–Kier alpha value is -1.69. The molecule has 0 bridgehead atoms. The van der Waals surface area contributed by atoms with E-state index in [1.165, 1.54) is 12.1 Å². The number of piperazine rings is 1. The molecule has 0 aromatic heterocycles. The second-order valence-corrected chi connectivity index (χ2v) is 3.55. The van der Waals surface area contributed by atoms with Crippen LogP contribution < -0.4 is 10.2 Å². The molecule has 1 aliphatic heterocycles. The van der Waals surface area contributed by atoms with Gasteiger partial charge in [0.1, 0.15) is 0 Å². The first-order valence-electron chi connectivity index (χ1n) is 5.00. The van der Waals surface area contributed by atoms with Gasteiger partial charge in [-0.25, -0.2) is 9.71 Å². The molecule has 1 aliphatic rings. The van der Waals surface area contributed by atoms with E-state index in [-0.39, 0.29) is 5.69 Å². The fourth-order valence-electron chi connectivity index (χ4n) is 1.71. The summed E-state index contributed by atoms with van der Waals surface area (Å²) in [5, 5.41) is 14.6.